The fourth-order valence-corrected chi connectivity index (χ4v) is 4.13. The van der Waals surface area contributed by atoms with E-state index in [1.165, 1.54) is 15.7 Å². The maximum Gasteiger partial charge on any atom is 0.120 e. The molecule has 2 heterocycles. The molecule has 122 valence electrons. The molecule has 0 fully saturated rings. The number of aromatic nitrogens is 3. The molecule has 0 aliphatic carbocycles. The van der Waals surface area contributed by atoms with Gasteiger partial charge in [0.1, 0.15) is 10.0 Å². The van der Waals surface area contributed by atoms with Crippen molar-refractivity contribution in [3.8, 4) is 0 Å². The van der Waals surface area contributed by atoms with Crippen molar-refractivity contribution >= 4 is 22.7 Å². The molecule has 0 aliphatic rings. The van der Waals surface area contributed by atoms with E-state index in [2.05, 4.69) is 57.1 Å². The van der Waals surface area contributed by atoms with Crippen LogP contribution in [0.2, 0.25) is 0 Å². The van der Waals surface area contributed by atoms with Gasteiger partial charge in [0.05, 0.1) is 10.7 Å². The summed E-state index contributed by atoms with van der Waals surface area (Å²) in [6.07, 6.45) is 2.29. The highest BCUT2D eigenvalue weighted by molar-refractivity contribution is 7.11. The second kappa shape index (κ2) is 7.64. The first-order valence-corrected chi connectivity index (χ1v) is 9.86. The Kier molecular flexibility index (Phi) is 6.09. The fraction of sp³-hybridized carbons (Fsp3) is 0.706. The highest BCUT2D eigenvalue weighted by Crippen LogP contribution is 2.31. The summed E-state index contributed by atoms with van der Waals surface area (Å²) in [5, 5.41) is 14.5. The second-order valence-corrected chi connectivity index (χ2v) is 8.71. The van der Waals surface area contributed by atoms with Gasteiger partial charge in [-0.1, -0.05) is 41.5 Å². The summed E-state index contributed by atoms with van der Waals surface area (Å²) in [5.74, 6) is 2.00. The largest absolute Gasteiger partial charge is 0.246 e. The molecule has 0 bridgehead atoms. The molecule has 0 amide bonds. The average molecular weight is 338 g/mol. The maximum absolute atomic E-state index is 4.78. The summed E-state index contributed by atoms with van der Waals surface area (Å²) >= 11 is 3.56. The lowest BCUT2D eigenvalue weighted by Crippen LogP contribution is -2.00. The quantitative estimate of drug-likeness (QED) is 0.628. The van der Waals surface area contributed by atoms with E-state index in [1.54, 1.807) is 22.7 Å². The van der Waals surface area contributed by atoms with Gasteiger partial charge in [-0.2, -0.15) is 0 Å². The van der Waals surface area contributed by atoms with Crippen molar-refractivity contribution in [3.05, 3.63) is 26.1 Å². The lowest BCUT2D eigenvalue weighted by Gasteiger charge is -2.12. The zero-order valence-electron chi connectivity index (χ0n) is 14.5. The highest BCUT2D eigenvalue weighted by atomic mass is 32.1. The van der Waals surface area contributed by atoms with E-state index in [0.29, 0.717) is 23.7 Å². The van der Waals surface area contributed by atoms with Gasteiger partial charge in [-0.25, -0.2) is 4.98 Å². The summed E-state index contributed by atoms with van der Waals surface area (Å²) in [6, 6.07) is 0. The van der Waals surface area contributed by atoms with Crippen LogP contribution in [-0.4, -0.2) is 15.2 Å². The van der Waals surface area contributed by atoms with E-state index >= 15 is 0 Å². The van der Waals surface area contributed by atoms with Gasteiger partial charge in [-0.3, -0.25) is 0 Å². The van der Waals surface area contributed by atoms with Crippen LogP contribution in [0.4, 0.5) is 0 Å². The van der Waals surface area contributed by atoms with Gasteiger partial charge < -0.3 is 0 Å². The minimum absolute atomic E-state index is 0.474. The Balaban J connectivity index is 1.90. The van der Waals surface area contributed by atoms with Crippen molar-refractivity contribution in [2.24, 2.45) is 0 Å². The minimum atomic E-state index is 0.474. The van der Waals surface area contributed by atoms with Crippen LogP contribution in [0.15, 0.2) is 5.38 Å². The third kappa shape index (κ3) is 4.35. The summed E-state index contributed by atoms with van der Waals surface area (Å²) in [6.45, 7) is 13.3. The summed E-state index contributed by atoms with van der Waals surface area (Å²) in [4.78, 5) is 4.78. The second-order valence-electron chi connectivity index (χ2n) is 6.78. The molecule has 2 rings (SSSR count). The van der Waals surface area contributed by atoms with Crippen molar-refractivity contribution in [2.75, 3.05) is 0 Å². The maximum atomic E-state index is 4.78. The van der Waals surface area contributed by atoms with Crippen molar-refractivity contribution in [3.63, 3.8) is 0 Å². The summed E-state index contributed by atoms with van der Waals surface area (Å²) in [5.41, 5.74) is 1.25. The van der Waals surface area contributed by atoms with Crippen molar-refractivity contribution < 1.29 is 0 Å². The zero-order valence-corrected chi connectivity index (χ0v) is 16.1. The smallest absolute Gasteiger partial charge is 0.120 e. The van der Waals surface area contributed by atoms with Crippen LogP contribution >= 0.6 is 22.7 Å². The van der Waals surface area contributed by atoms with Gasteiger partial charge >= 0.3 is 0 Å². The predicted octanol–water partition coefficient (Wildman–Crippen LogP) is 5.93. The third-order valence-electron chi connectivity index (χ3n) is 3.94. The molecule has 22 heavy (non-hydrogen) atoms. The van der Waals surface area contributed by atoms with Gasteiger partial charge in [-0.15, -0.1) is 32.9 Å². The summed E-state index contributed by atoms with van der Waals surface area (Å²) in [7, 11) is 0. The van der Waals surface area contributed by atoms with Gasteiger partial charge in [0, 0.05) is 23.1 Å². The number of hydrogen-bond donors (Lipinski definition) is 0. The molecule has 0 spiro atoms. The molecule has 2 aromatic heterocycles. The van der Waals surface area contributed by atoms with Crippen LogP contribution in [0.5, 0.6) is 0 Å². The van der Waals surface area contributed by atoms with Crippen molar-refractivity contribution in [1.82, 2.24) is 15.2 Å². The Labute approximate surface area is 142 Å². The van der Waals surface area contributed by atoms with Crippen LogP contribution in [0.25, 0.3) is 0 Å². The Morgan fingerprint density at radius 1 is 0.818 bits per heavy atom. The first kappa shape index (κ1) is 17.5. The number of rotatable bonds is 7. The van der Waals surface area contributed by atoms with E-state index in [-0.39, 0.29) is 0 Å². The number of thiazole rings is 1. The van der Waals surface area contributed by atoms with Crippen LogP contribution in [0.3, 0.4) is 0 Å². The Bertz CT molecular complexity index is 534. The lowest BCUT2D eigenvalue weighted by molar-refractivity contribution is 0.561. The molecule has 0 N–H and O–H groups in total. The van der Waals surface area contributed by atoms with Crippen LogP contribution in [0.1, 0.15) is 98.8 Å². The van der Waals surface area contributed by atoms with E-state index in [4.69, 9.17) is 4.98 Å². The molecule has 0 saturated carbocycles. The van der Waals surface area contributed by atoms with Gasteiger partial charge in [-0.05, 0) is 18.8 Å². The molecular formula is C17H27N3S2. The monoisotopic (exact) mass is 337 g/mol. The Morgan fingerprint density at radius 3 is 1.95 bits per heavy atom. The van der Waals surface area contributed by atoms with Crippen LogP contribution < -0.4 is 0 Å². The van der Waals surface area contributed by atoms with E-state index in [1.807, 2.05) is 0 Å². The van der Waals surface area contributed by atoms with Gasteiger partial charge in [0.15, 0.2) is 0 Å². The first-order valence-electron chi connectivity index (χ1n) is 8.17. The molecule has 0 saturated heterocycles. The van der Waals surface area contributed by atoms with Crippen molar-refractivity contribution in [2.45, 2.75) is 78.1 Å². The minimum Gasteiger partial charge on any atom is -0.246 e. The number of nitrogens with zero attached hydrogens (tertiary/aromatic N) is 3. The van der Waals surface area contributed by atoms with Crippen molar-refractivity contribution in [1.29, 1.82) is 0 Å². The normalized spacial score (nSPS) is 14.7. The molecule has 5 heteroatoms. The van der Waals surface area contributed by atoms with E-state index < -0.39 is 0 Å². The van der Waals surface area contributed by atoms with E-state index in [0.717, 1.165) is 17.8 Å². The standard InChI is InChI=1S/C17H27N3S2/c1-10(2)15-18-14(9-21-15)12(5)7-8-13(6)17-20-19-16(22-17)11(3)4/h9-13H,7-8H2,1-6H3. The molecule has 3 nitrogen and oxygen atoms in total. The third-order valence-corrected chi connectivity index (χ3v) is 6.56. The van der Waals surface area contributed by atoms with Gasteiger partial charge in [0.25, 0.3) is 0 Å². The Hall–Kier alpha value is -0.810. The topological polar surface area (TPSA) is 38.7 Å². The number of hydrogen-bond acceptors (Lipinski definition) is 5. The predicted molar refractivity (Wildman–Crippen MR) is 96.3 cm³/mol. The zero-order chi connectivity index (χ0) is 16.3. The molecule has 0 aliphatic heterocycles. The van der Waals surface area contributed by atoms with E-state index in [9.17, 15) is 0 Å². The Morgan fingerprint density at radius 2 is 1.41 bits per heavy atom. The fourth-order valence-electron chi connectivity index (χ4n) is 2.24. The first-order chi connectivity index (χ1) is 10.4. The van der Waals surface area contributed by atoms with Gasteiger partial charge in [0.2, 0.25) is 0 Å². The average Bonchev–Trinajstić information content (AvgIpc) is 3.12. The van der Waals surface area contributed by atoms with Crippen LogP contribution in [-0.2, 0) is 0 Å². The summed E-state index contributed by atoms with van der Waals surface area (Å²) < 4.78 is 0. The molecule has 2 unspecified atom stereocenters. The molecule has 2 aromatic rings. The SMILES string of the molecule is CC(C)c1nc(C(C)CCC(C)c2nnc(C(C)C)s2)cs1. The lowest BCUT2D eigenvalue weighted by atomic mass is 9.96. The molecule has 0 aromatic carbocycles. The van der Waals surface area contributed by atoms with Crippen LogP contribution in [0, 0.1) is 0 Å². The highest BCUT2D eigenvalue weighted by Gasteiger charge is 2.17. The molecule has 0 radical (unpaired) electrons. The molecular weight excluding hydrogens is 310 g/mol. The molecule has 2 atom stereocenters.